The molecule has 1 atom stereocenters. The zero-order valence-corrected chi connectivity index (χ0v) is 9.86. The summed E-state index contributed by atoms with van der Waals surface area (Å²) in [5.74, 6) is 0. The molecule has 1 unspecified atom stereocenters. The van der Waals surface area contributed by atoms with Crippen LogP contribution in [-0.2, 0) is 11.2 Å². The Morgan fingerprint density at radius 3 is 3.07 bits per heavy atom. The van der Waals surface area contributed by atoms with Gasteiger partial charge in [0.1, 0.15) is 0 Å². The third kappa shape index (κ3) is 3.36. The van der Waals surface area contributed by atoms with Gasteiger partial charge in [-0.1, -0.05) is 0 Å². The number of aromatic nitrogens is 1. The van der Waals surface area contributed by atoms with Gasteiger partial charge in [0.15, 0.2) is 0 Å². The van der Waals surface area contributed by atoms with Gasteiger partial charge in [0.25, 0.3) is 0 Å². The summed E-state index contributed by atoms with van der Waals surface area (Å²) < 4.78 is 5.00. The third-order valence-electron chi connectivity index (χ3n) is 2.19. The van der Waals surface area contributed by atoms with Crippen molar-refractivity contribution < 1.29 is 4.74 Å². The summed E-state index contributed by atoms with van der Waals surface area (Å²) in [4.78, 5) is 4.55. The Kier molecular flexibility index (Phi) is 5.07. The highest BCUT2D eigenvalue weighted by atomic mass is 32.1. The molecule has 1 rings (SSSR count). The zero-order valence-electron chi connectivity index (χ0n) is 9.04. The van der Waals surface area contributed by atoms with Crippen molar-refractivity contribution in [2.45, 2.75) is 25.8 Å². The van der Waals surface area contributed by atoms with Crippen LogP contribution in [0.4, 0.5) is 0 Å². The van der Waals surface area contributed by atoms with Crippen LogP contribution in [-0.4, -0.2) is 25.7 Å². The highest BCUT2D eigenvalue weighted by Gasteiger charge is 2.07. The topological polar surface area (TPSA) is 34.1 Å². The number of nitrogens with zero attached hydrogens (tertiary/aromatic N) is 1. The molecule has 0 bridgehead atoms. The number of rotatable bonds is 6. The molecular formula is C10H18N2OS. The zero-order chi connectivity index (χ0) is 10.4. The fraction of sp³-hybridized carbons (Fsp3) is 0.700. The van der Waals surface area contributed by atoms with Crippen LogP contribution in [0.15, 0.2) is 5.38 Å². The summed E-state index contributed by atoms with van der Waals surface area (Å²) in [5, 5.41) is 6.52. The number of nitrogens with one attached hydrogen (secondary N) is 1. The van der Waals surface area contributed by atoms with Crippen LogP contribution in [0, 0.1) is 0 Å². The van der Waals surface area contributed by atoms with Crippen molar-refractivity contribution in [2.24, 2.45) is 0 Å². The molecule has 0 fully saturated rings. The quantitative estimate of drug-likeness (QED) is 0.735. The SMILES string of the molecule is CNC(C)c1csc(CCCOC)n1. The third-order valence-corrected chi connectivity index (χ3v) is 3.11. The van der Waals surface area contributed by atoms with Crippen molar-refractivity contribution in [3.63, 3.8) is 0 Å². The second kappa shape index (κ2) is 6.11. The molecule has 0 saturated carbocycles. The van der Waals surface area contributed by atoms with Crippen molar-refractivity contribution in [1.82, 2.24) is 10.3 Å². The Balaban J connectivity index is 2.42. The Bertz CT molecular complexity index is 262. The van der Waals surface area contributed by atoms with Crippen LogP contribution < -0.4 is 5.32 Å². The Morgan fingerprint density at radius 1 is 1.64 bits per heavy atom. The minimum atomic E-state index is 0.349. The van der Waals surface area contributed by atoms with Gasteiger partial charge in [0.05, 0.1) is 10.7 Å². The van der Waals surface area contributed by atoms with Crippen LogP contribution in [0.5, 0.6) is 0 Å². The normalized spacial score (nSPS) is 13.1. The molecule has 0 aliphatic carbocycles. The van der Waals surface area contributed by atoms with E-state index < -0.39 is 0 Å². The number of methoxy groups -OCH3 is 1. The van der Waals surface area contributed by atoms with E-state index in [9.17, 15) is 0 Å². The molecule has 1 N–H and O–H groups in total. The van der Waals surface area contributed by atoms with Crippen LogP contribution in [0.1, 0.15) is 30.1 Å². The molecule has 1 heterocycles. The van der Waals surface area contributed by atoms with E-state index in [1.807, 2.05) is 7.05 Å². The first-order valence-corrected chi connectivity index (χ1v) is 5.76. The first kappa shape index (κ1) is 11.6. The maximum Gasteiger partial charge on any atom is 0.0929 e. The van der Waals surface area contributed by atoms with E-state index in [1.54, 1.807) is 18.4 Å². The average molecular weight is 214 g/mol. The van der Waals surface area contributed by atoms with Crippen LogP contribution >= 0.6 is 11.3 Å². The number of hydrogen-bond donors (Lipinski definition) is 1. The van der Waals surface area contributed by atoms with E-state index in [4.69, 9.17) is 4.74 Å². The molecule has 3 nitrogen and oxygen atoms in total. The number of aryl methyl sites for hydroxylation is 1. The molecule has 14 heavy (non-hydrogen) atoms. The summed E-state index contributed by atoms with van der Waals surface area (Å²) >= 11 is 1.74. The van der Waals surface area contributed by atoms with Crippen molar-refractivity contribution in [2.75, 3.05) is 20.8 Å². The first-order chi connectivity index (χ1) is 6.77. The van der Waals surface area contributed by atoms with E-state index in [0.29, 0.717) is 6.04 Å². The Hall–Kier alpha value is -0.450. The van der Waals surface area contributed by atoms with Gasteiger partial charge in [-0.3, -0.25) is 0 Å². The summed E-state index contributed by atoms with van der Waals surface area (Å²) in [7, 11) is 3.69. The molecule has 0 aromatic carbocycles. The van der Waals surface area contributed by atoms with Gasteiger partial charge in [0, 0.05) is 31.6 Å². The predicted molar refractivity (Wildman–Crippen MR) is 59.8 cm³/mol. The lowest BCUT2D eigenvalue weighted by Crippen LogP contribution is -2.12. The van der Waals surface area contributed by atoms with Gasteiger partial charge in [-0.15, -0.1) is 11.3 Å². The van der Waals surface area contributed by atoms with Crippen molar-refractivity contribution in [3.05, 3.63) is 16.1 Å². The van der Waals surface area contributed by atoms with Gasteiger partial charge in [-0.2, -0.15) is 0 Å². The molecule has 4 heteroatoms. The molecule has 0 aliphatic heterocycles. The van der Waals surface area contributed by atoms with Crippen molar-refractivity contribution in [3.8, 4) is 0 Å². The molecule has 0 radical (unpaired) electrons. The van der Waals surface area contributed by atoms with Crippen LogP contribution in [0.3, 0.4) is 0 Å². The molecule has 0 spiro atoms. The van der Waals surface area contributed by atoms with E-state index in [2.05, 4.69) is 22.6 Å². The lowest BCUT2D eigenvalue weighted by atomic mass is 10.2. The summed E-state index contributed by atoms with van der Waals surface area (Å²) in [6, 6.07) is 0.349. The summed E-state index contributed by atoms with van der Waals surface area (Å²) in [5.41, 5.74) is 1.14. The van der Waals surface area contributed by atoms with Crippen LogP contribution in [0.25, 0.3) is 0 Å². The number of ether oxygens (including phenoxy) is 1. The summed E-state index contributed by atoms with van der Waals surface area (Å²) in [6.07, 6.45) is 2.08. The fourth-order valence-electron chi connectivity index (χ4n) is 1.15. The lowest BCUT2D eigenvalue weighted by molar-refractivity contribution is 0.195. The van der Waals surface area contributed by atoms with Gasteiger partial charge in [-0.25, -0.2) is 4.98 Å². The van der Waals surface area contributed by atoms with E-state index in [-0.39, 0.29) is 0 Å². The predicted octanol–water partition coefficient (Wildman–Crippen LogP) is 2.00. The lowest BCUT2D eigenvalue weighted by Gasteiger charge is -2.04. The van der Waals surface area contributed by atoms with Crippen LogP contribution in [0.2, 0.25) is 0 Å². The number of thiazole rings is 1. The molecule has 80 valence electrons. The van der Waals surface area contributed by atoms with Gasteiger partial charge < -0.3 is 10.1 Å². The first-order valence-electron chi connectivity index (χ1n) is 4.88. The minimum Gasteiger partial charge on any atom is -0.385 e. The average Bonchev–Trinajstić information content (AvgIpc) is 2.66. The smallest absolute Gasteiger partial charge is 0.0929 e. The Labute approximate surface area is 89.5 Å². The molecular weight excluding hydrogens is 196 g/mol. The van der Waals surface area contributed by atoms with Crippen molar-refractivity contribution >= 4 is 11.3 Å². The van der Waals surface area contributed by atoms with E-state index in [1.165, 1.54) is 5.01 Å². The molecule has 0 amide bonds. The highest BCUT2D eigenvalue weighted by Crippen LogP contribution is 2.17. The second-order valence-corrected chi connectivity index (χ2v) is 4.22. The monoisotopic (exact) mass is 214 g/mol. The number of hydrogen-bond acceptors (Lipinski definition) is 4. The van der Waals surface area contributed by atoms with Gasteiger partial charge in [-0.05, 0) is 20.4 Å². The second-order valence-electron chi connectivity index (χ2n) is 3.27. The highest BCUT2D eigenvalue weighted by molar-refractivity contribution is 7.09. The van der Waals surface area contributed by atoms with Gasteiger partial charge >= 0.3 is 0 Å². The fourth-order valence-corrected chi connectivity index (χ4v) is 2.09. The largest absolute Gasteiger partial charge is 0.385 e. The van der Waals surface area contributed by atoms with E-state index in [0.717, 1.165) is 25.1 Å². The van der Waals surface area contributed by atoms with E-state index >= 15 is 0 Å². The summed E-state index contributed by atoms with van der Waals surface area (Å²) in [6.45, 7) is 2.94. The molecule has 1 aromatic rings. The Morgan fingerprint density at radius 2 is 2.43 bits per heavy atom. The van der Waals surface area contributed by atoms with Gasteiger partial charge in [0.2, 0.25) is 0 Å². The van der Waals surface area contributed by atoms with Crippen molar-refractivity contribution in [1.29, 1.82) is 0 Å². The molecule has 0 aliphatic rings. The minimum absolute atomic E-state index is 0.349. The maximum atomic E-state index is 5.00. The maximum absolute atomic E-state index is 5.00. The molecule has 1 aromatic heterocycles. The standard InChI is InChI=1S/C10H18N2OS/c1-8(11-2)9-7-14-10(12-9)5-4-6-13-3/h7-8,11H,4-6H2,1-3H3. The molecule has 0 saturated heterocycles.